The SMILES string of the molecule is CCCN(CC(=O)O)C(=O)NCc1ccc(CC)cc1. The number of amides is 2. The summed E-state index contributed by atoms with van der Waals surface area (Å²) in [6, 6.07) is 7.67. The van der Waals surface area contributed by atoms with Gasteiger partial charge in [-0.1, -0.05) is 38.1 Å². The topological polar surface area (TPSA) is 69.6 Å². The standard InChI is InChI=1S/C15H22N2O3/c1-3-9-17(11-14(18)19)15(20)16-10-13-7-5-12(4-2)6-8-13/h5-8H,3-4,9-11H2,1-2H3,(H,16,20)(H,18,19). The van der Waals surface area contributed by atoms with Gasteiger partial charge < -0.3 is 15.3 Å². The van der Waals surface area contributed by atoms with Gasteiger partial charge in [0.25, 0.3) is 0 Å². The second-order valence-corrected chi connectivity index (χ2v) is 4.64. The minimum absolute atomic E-state index is 0.269. The molecule has 110 valence electrons. The molecule has 5 heteroatoms. The maximum Gasteiger partial charge on any atom is 0.323 e. The molecule has 1 aromatic rings. The maximum absolute atomic E-state index is 11.9. The third-order valence-electron chi connectivity index (χ3n) is 2.98. The van der Waals surface area contributed by atoms with E-state index in [0.717, 1.165) is 18.4 Å². The summed E-state index contributed by atoms with van der Waals surface area (Å²) >= 11 is 0. The molecule has 0 saturated heterocycles. The third-order valence-corrected chi connectivity index (χ3v) is 2.98. The molecule has 0 radical (unpaired) electrons. The molecule has 0 unspecified atom stereocenters. The lowest BCUT2D eigenvalue weighted by molar-refractivity contribution is -0.137. The van der Waals surface area contributed by atoms with Gasteiger partial charge in [-0.05, 0) is 24.0 Å². The average Bonchev–Trinajstić information content (AvgIpc) is 2.44. The highest BCUT2D eigenvalue weighted by Gasteiger charge is 2.15. The van der Waals surface area contributed by atoms with Crippen molar-refractivity contribution in [3.63, 3.8) is 0 Å². The van der Waals surface area contributed by atoms with Crippen LogP contribution in [0.15, 0.2) is 24.3 Å². The molecule has 2 N–H and O–H groups in total. The van der Waals surface area contributed by atoms with Gasteiger partial charge in [-0.2, -0.15) is 0 Å². The van der Waals surface area contributed by atoms with Crippen molar-refractivity contribution in [2.24, 2.45) is 0 Å². The van der Waals surface area contributed by atoms with Crippen molar-refractivity contribution in [3.05, 3.63) is 35.4 Å². The van der Waals surface area contributed by atoms with Crippen LogP contribution in [0.4, 0.5) is 4.79 Å². The van der Waals surface area contributed by atoms with Crippen molar-refractivity contribution in [3.8, 4) is 0 Å². The van der Waals surface area contributed by atoms with Gasteiger partial charge in [-0.25, -0.2) is 4.79 Å². The van der Waals surface area contributed by atoms with E-state index < -0.39 is 5.97 Å². The van der Waals surface area contributed by atoms with Gasteiger partial charge >= 0.3 is 12.0 Å². The first-order valence-electron chi connectivity index (χ1n) is 6.89. The van der Waals surface area contributed by atoms with E-state index in [1.165, 1.54) is 10.5 Å². The van der Waals surface area contributed by atoms with E-state index in [4.69, 9.17) is 5.11 Å². The summed E-state index contributed by atoms with van der Waals surface area (Å²) in [6.45, 7) is 4.57. The number of aliphatic carboxylic acids is 1. The first-order chi connectivity index (χ1) is 9.56. The molecule has 0 aliphatic carbocycles. The van der Waals surface area contributed by atoms with Crippen LogP contribution in [0.2, 0.25) is 0 Å². The minimum atomic E-state index is -0.999. The van der Waals surface area contributed by atoms with Crippen molar-refractivity contribution in [1.82, 2.24) is 10.2 Å². The number of carboxylic acids is 1. The number of nitrogens with one attached hydrogen (secondary N) is 1. The van der Waals surface area contributed by atoms with Gasteiger partial charge in [0.1, 0.15) is 6.54 Å². The molecule has 20 heavy (non-hydrogen) atoms. The van der Waals surface area contributed by atoms with Crippen LogP contribution in [-0.2, 0) is 17.8 Å². The number of rotatable bonds is 7. The number of nitrogens with zero attached hydrogens (tertiary/aromatic N) is 1. The molecule has 1 rings (SSSR count). The Morgan fingerprint density at radius 2 is 1.75 bits per heavy atom. The number of carbonyl (C=O) groups excluding carboxylic acids is 1. The fourth-order valence-electron chi connectivity index (χ4n) is 1.87. The van der Waals surface area contributed by atoms with Crippen LogP contribution in [0, 0.1) is 0 Å². The van der Waals surface area contributed by atoms with E-state index in [1.54, 1.807) is 0 Å². The van der Waals surface area contributed by atoms with Crippen LogP contribution in [0.3, 0.4) is 0 Å². The first kappa shape index (κ1) is 16.0. The summed E-state index contributed by atoms with van der Waals surface area (Å²) in [4.78, 5) is 23.9. The van der Waals surface area contributed by atoms with Crippen molar-refractivity contribution in [2.45, 2.75) is 33.2 Å². The lowest BCUT2D eigenvalue weighted by Gasteiger charge is -2.20. The molecule has 0 heterocycles. The maximum atomic E-state index is 11.9. The quantitative estimate of drug-likeness (QED) is 0.803. The van der Waals surface area contributed by atoms with E-state index in [2.05, 4.69) is 12.2 Å². The highest BCUT2D eigenvalue weighted by atomic mass is 16.4. The molecule has 1 aromatic carbocycles. The molecule has 5 nitrogen and oxygen atoms in total. The third kappa shape index (κ3) is 5.30. The lowest BCUT2D eigenvalue weighted by atomic mass is 10.1. The number of benzene rings is 1. The Bertz CT molecular complexity index is 443. The predicted molar refractivity (Wildman–Crippen MR) is 77.6 cm³/mol. The summed E-state index contributed by atoms with van der Waals surface area (Å²) in [5.74, 6) is -0.999. The van der Waals surface area contributed by atoms with Crippen LogP contribution < -0.4 is 5.32 Å². The number of urea groups is 1. The van der Waals surface area contributed by atoms with Crippen LogP contribution in [-0.4, -0.2) is 35.1 Å². The Kier molecular flexibility index (Phi) is 6.56. The molecule has 0 atom stereocenters. The van der Waals surface area contributed by atoms with Gasteiger partial charge in [0, 0.05) is 13.1 Å². The molecule has 0 fully saturated rings. The predicted octanol–water partition coefficient (Wildman–Crippen LogP) is 2.26. The summed E-state index contributed by atoms with van der Waals surface area (Å²) in [5.41, 5.74) is 2.25. The molecule has 0 aromatic heterocycles. The fraction of sp³-hybridized carbons (Fsp3) is 0.467. The summed E-state index contributed by atoms with van der Waals surface area (Å²) in [7, 11) is 0. The number of hydrogen-bond donors (Lipinski definition) is 2. The van der Waals surface area contributed by atoms with Gasteiger partial charge in [0.15, 0.2) is 0 Å². The Hall–Kier alpha value is -2.04. The molecule has 0 aliphatic rings. The zero-order valence-electron chi connectivity index (χ0n) is 12.1. The summed E-state index contributed by atoms with van der Waals surface area (Å²) < 4.78 is 0. The Morgan fingerprint density at radius 3 is 2.25 bits per heavy atom. The molecular weight excluding hydrogens is 256 g/mol. The molecule has 2 amide bonds. The highest BCUT2D eigenvalue weighted by molar-refractivity contribution is 5.80. The largest absolute Gasteiger partial charge is 0.480 e. The van der Waals surface area contributed by atoms with E-state index in [1.807, 2.05) is 31.2 Å². The monoisotopic (exact) mass is 278 g/mol. The second kappa shape index (κ2) is 8.19. The van der Waals surface area contributed by atoms with E-state index in [0.29, 0.717) is 13.1 Å². The zero-order valence-corrected chi connectivity index (χ0v) is 12.1. The van der Waals surface area contributed by atoms with Crippen molar-refractivity contribution in [2.75, 3.05) is 13.1 Å². The van der Waals surface area contributed by atoms with Crippen molar-refractivity contribution >= 4 is 12.0 Å². The zero-order chi connectivity index (χ0) is 15.0. The number of carbonyl (C=O) groups is 2. The number of aryl methyl sites for hydroxylation is 1. The highest BCUT2D eigenvalue weighted by Crippen LogP contribution is 2.05. The lowest BCUT2D eigenvalue weighted by Crippen LogP contribution is -2.42. The summed E-state index contributed by atoms with van der Waals surface area (Å²) in [5, 5.41) is 11.5. The minimum Gasteiger partial charge on any atom is -0.480 e. The Labute approximate surface area is 119 Å². The molecule has 0 bridgehead atoms. The molecular formula is C15H22N2O3. The van der Waals surface area contributed by atoms with E-state index in [9.17, 15) is 9.59 Å². The van der Waals surface area contributed by atoms with Crippen molar-refractivity contribution < 1.29 is 14.7 Å². The number of carboxylic acid groups (broad SMARTS) is 1. The smallest absolute Gasteiger partial charge is 0.323 e. The normalized spacial score (nSPS) is 10.1. The van der Waals surface area contributed by atoms with Gasteiger partial charge in [-0.15, -0.1) is 0 Å². The van der Waals surface area contributed by atoms with Crippen LogP contribution in [0.1, 0.15) is 31.4 Å². The Morgan fingerprint density at radius 1 is 1.15 bits per heavy atom. The van der Waals surface area contributed by atoms with Crippen LogP contribution in [0.25, 0.3) is 0 Å². The van der Waals surface area contributed by atoms with Gasteiger partial charge in [0.2, 0.25) is 0 Å². The fourth-order valence-corrected chi connectivity index (χ4v) is 1.87. The first-order valence-corrected chi connectivity index (χ1v) is 6.89. The van der Waals surface area contributed by atoms with Crippen LogP contribution >= 0.6 is 0 Å². The van der Waals surface area contributed by atoms with E-state index >= 15 is 0 Å². The summed E-state index contributed by atoms with van der Waals surface area (Å²) in [6.07, 6.45) is 1.71. The molecule has 0 saturated carbocycles. The van der Waals surface area contributed by atoms with Crippen LogP contribution in [0.5, 0.6) is 0 Å². The van der Waals surface area contributed by atoms with Crippen molar-refractivity contribution in [1.29, 1.82) is 0 Å². The average molecular weight is 278 g/mol. The Balaban J connectivity index is 2.52. The van der Waals surface area contributed by atoms with Gasteiger partial charge in [-0.3, -0.25) is 4.79 Å². The second-order valence-electron chi connectivity index (χ2n) is 4.64. The number of hydrogen-bond acceptors (Lipinski definition) is 2. The molecule has 0 aliphatic heterocycles. The van der Waals surface area contributed by atoms with Gasteiger partial charge in [0.05, 0.1) is 0 Å². The molecule has 0 spiro atoms. The van der Waals surface area contributed by atoms with E-state index in [-0.39, 0.29) is 12.6 Å².